The van der Waals surface area contributed by atoms with E-state index < -0.39 is 5.95 Å². The molecule has 17 heavy (non-hydrogen) atoms. The molecule has 0 saturated carbocycles. The van der Waals surface area contributed by atoms with Gasteiger partial charge in [-0.2, -0.15) is 0 Å². The Labute approximate surface area is 97.3 Å². The first-order valence-electron chi connectivity index (χ1n) is 4.98. The van der Waals surface area contributed by atoms with E-state index in [0.717, 1.165) is 5.56 Å². The Kier molecular flexibility index (Phi) is 2.73. The zero-order valence-electron chi connectivity index (χ0n) is 9.16. The first-order chi connectivity index (χ1) is 8.08. The highest BCUT2D eigenvalue weighted by Crippen LogP contribution is 2.17. The van der Waals surface area contributed by atoms with Gasteiger partial charge in [-0.05, 0) is 13.0 Å². The summed E-state index contributed by atoms with van der Waals surface area (Å²) in [6.07, 6.45) is 5.56. The molecule has 0 aliphatic heterocycles. The number of hydrogen-bond donors (Lipinski definition) is 2. The third kappa shape index (κ3) is 2.22. The van der Waals surface area contributed by atoms with Crippen LogP contribution in [0.3, 0.4) is 0 Å². The number of nitrogens with two attached hydrogens (primary N) is 1. The Morgan fingerprint density at radius 2 is 2.00 bits per heavy atom. The molecule has 0 amide bonds. The minimum absolute atomic E-state index is 0.0858. The summed E-state index contributed by atoms with van der Waals surface area (Å²) in [5.74, 6) is -0.411. The number of anilines is 2. The van der Waals surface area contributed by atoms with Crippen LogP contribution in [0.5, 0.6) is 0 Å². The molecule has 2 rings (SSSR count). The molecular formula is C10H12N4O3. The molecule has 0 saturated heterocycles. The standard InChI is InChI=1S/C10H12N4O3/c1-7(8-2-3-17-6-8)12-9-4-13(15)10(11)14(16)5-9/h2-7,12H,11H2,1H3. The molecule has 0 radical (unpaired) electrons. The number of nitrogens with zero attached hydrogens (tertiary/aromatic N) is 2. The van der Waals surface area contributed by atoms with Gasteiger partial charge in [-0.15, -0.1) is 9.46 Å². The average Bonchev–Trinajstić information content (AvgIpc) is 2.79. The minimum atomic E-state index is -0.411. The molecule has 2 aromatic rings. The van der Waals surface area contributed by atoms with E-state index >= 15 is 0 Å². The maximum atomic E-state index is 11.2. The van der Waals surface area contributed by atoms with E-state index in [-0.39, 0.29) is 6.04 Å². The fourth-order valence-corrected chi connectivity index (χ4v) is 1.44. The average molecular weight is 236 g/mol. The van der Waals surface area contributed by atoms with Crippen LogP contribution in [-0.2, 0) is 0 Å². The lowest BCUT2D eigenvalue weighted by Crippen LogP contribution is -2.45. The third-order valence-electron chi connectivity index (χ3n) is 2.39. The topological polar surface area (TPSA) is 105 Å². The van der Waals surface area contributed by atoms with Crippen LogP contribution in [0.2, 0.25) is 0 Å². The fourth-order valence-electron chi connectivity index (χ4n) is 1.44. The van der Waals surface area contributed by atoms with Crippen molar-refractivity contribution in [2.45, 2.75) is 13.0 Å². The molecule has 90 valence electrons. The number of aromatic nitrogens is 2. The van der Waals surface area contributed by atoms with Crippen LogP contribution in [-0.4, -0.2) is 0 Å². The van der Waals surface area contributed by atoms with Crippen LogP contribution < -0.4 is 20.5 Å². The SMILES string of the molecule is CC(Nc1c[n+]([O-])c(N)[n+]([O-])c1)c1ccoc1. The first-order valence-corrected chi connectivity index (χ1v) is 4.98. The molecule has 0 aliphatic carbocycles. The Morgan fingerprint density at radius 3 is 2.53 bits per heavy atom. The van der Waals surface area contributed by atoms with Gasteiger partial charge in [0.05, 0.1) is 18.6 Å². The van der Waals surface area contributed by atoms with Crippen molar-refractivity contribution in [1.29, 1.82) is 0 Å². The lowest BCUT2D eigenvalue weighted by molar-refractivity contribution is -0.717. The molecular weight excluding hydrogens is 224 g/mol. The zero-order valence-corrected chi connectivity index (χ0v) is 9.16. The van der Waals surface area contributed by atoms with Gasteiger partial charge in [0.15, 0.2) is 12.4 Å². The smallest absolute Gasteiger partial charge is 0.535 e. The van der Waals surface area contributed by atoms with E-state index in [2.05, 4.69) is 5.32 Å². The van der Waals surface area contributed by atoms with E-state index in [1.807, 2.05) is 6.92 Å². The van der Waals surface area contributed by atoms with Crippen LogP contribution in [0.25, 0.3) is 0 Å². The first kappa shape index (κ1) is 11.1. The van der Waals surface area contributed by atoms with Crippen molar-refractivity contribution in [2.75, 3.05) is 11.1 Å². The highest BCUT2D eigenvalue weighted by atomic mass is 16.5. The molecule has 0 spiro atoms. The van der Waals surface area contributed by atoms with Gasteiger partial charge in [0.1, 0.15) is 5.69 Å². The maximum Gasteiger partial charge on any atom is 0.535 e. The predicted molar refractivity (Wildman–Crippen MR) is 59.5 cm³/mol. The van der Waals surface area contributed by atoms with Gasteiger partial charge in [-0.25, -0.2) is 5.73 Å². The van der Waals surface area contributed by atoms with Gasteiger partial charge in [-0.1, -0.05) is 0 Å². The number of hydrogen-bond acceptors (Lipinski definition) is 5. The number of nitrogen functional groups attached to an aromatic ring is 1. The van der Waals surface area contributed by atoms with Crippen LogP contribution in [0, 0.1) is 10.4 Å². The molecule has 2 heterocycles. The van der Waals surface area contributed by atoms with E-state index in [1.165, 1.54) is 12.4 Å². The van der Waals surface area contributed by atoms with Gasteiger partial charge in [-0.3, -0.25) is 0 Å². The molecule has 3 N–H and O–H groups in total. The van der Waals surface area contributed by atoms with Crippen molar-refractivity contribution in [3.8, 4) is 0 Å². The molecule has 7 heteroatoms. The Bertz CT molecular complexity index is 489. The van der Waals surface area contributed by atoms with E-state index in [0.29, 0.717) is 15.1 Å². The van der Waals surface area contributed by atoms with Gasteiger partial charge in [0.2, 0.25) is 0 Å². The van der Waals surface area contributed by atoms with Crippen molar-refractivity contribution >= 4 is 11.6 Å². The van der Waals surface area contributed by atoms with E-state index in [9.17, 15) is 10.4 Å². The molecule has 0 aromatic carbocycles. The molecule has 2 aromatic heterocycles. The second kappa shape index (κ2) is 4.20. The number of furan rings is 1. The van der Waals surface area contributed by atoms with E-state index in [1.54, 1.807) is 18.6 Å². The summed E-state index contributed by atoms with van der Waals surface area (Å²) in [5.41, 5.74) is 6.53. The van der Waals surface area contributed by atoms with Crippen molar-refractivity contribution < 1.29 is 13.9 Å². The molecule has 1 unspecified atom stereocenters. The monoisotopic (exact) mass is 236 g/mol. The minimum Gasteiger partial charge on any atom is -0.675 e. The van der Waals surface area contributed by atoms with Crippen LogP contribution in [0.15, 0.2) is 35.4 Å². The van der Waals surface area contributed by atoms with Gasteiger partial charge in [0, 0.05) is 5.56 Å². The molecule has 0 fully saturated rings. The van der Waals surface area contributed by atoms with Crippen LogP contribution in [0.4, 0.5) is 11.6 Å². The van der Waals surface area contributed by atoms with Crippen molar-refractivity contribution in [1.82, 2.24) is 0 Å². The van der Waals surface area contributed by atoms with Crippen LogP contribution in [0.1, 0.15) is 18.5 Å². The summed E-state index contributed by atoms with van der Waals surface area (Å²) in [6.45, 7) is 1.88. The molecule has 0 bridgehead atoms. The second-order valence-corrected chi connectivity index (χ2v) is 3.65. The summed E-state index contributed by atoms with van der Waals surface area (Å²) in [6, 6.07) is 1.71. The normalized spacial score (nSPS) is 12.3. The zero-order chi connectivity index (χ0) is 12.4. The lowest BCUT2D eigenvalue weighted by Gasteiger charge is -2.14. The van der Waals surface area contributed by atoms with Crippen molar-refractivity contribution in [3.63, 3.8) is 0 Å². The fraction of sp³-hybridized carbons (Fsp3) is 0.200. The number of rotatable bonds is 3. The molecule has 0 aliphatic rings. The largest absolute Gasteiger partial charge is 0.675 e. The Hall–Kier alpha value is -2.44. The van der Waals surface area contributed by atoms with Gasteiger partial charge < -0.3 is 20.1 Å². The van der Waals surface area contributed by atoms with Gasteiger partial charge >= 0.3 is 5.95 Å². The Balaban J connectivity index is 2.19. The summed E-state index contributed by atoms with van der Waals surface area (Å²) in [4.78, 5) is 0. The second-order valence-electron chi connectivity index (χ2n) is 3.65. The van der Waals surface area contributed by atoms with Gasteiger partial charge in [0.25, 0.3) is 0 Å². The highest BCUT2D eigenvalue weighted by molar-refractivity contribution is 5.38. The summed E-state index contributed by atoms with van der Waals surface area (Å²) < 4.78 is 5.58. The maximum absolute atomic E-state index is 11.2. The number of nitrogens with one attached hydrogen (secondary N) is 1. The Morgan fingerprint density at radius 1 is 1.35 bits per heavy atom. The highest BCUT2D eigenvalue weighted by Gasteiger charge is 2.13. The van der Waals surface area contributed by atoms with Crippen molar-refractivity contribution in [2.24, 2.45) is 0 Å². The summed E-state index contributed by atoms with van der Waals surface area (Å²) in [5, 5.41) is 25.5. The third-order valence-corrected chi connectivity index (χ3v) is 2.39. The summed E-state index contributed by atoms with van der Waals surface area (Å²) in [7, 11) is 0. The van der Waals surface area contributed by atoms with Crippen LogP contribution >= 0.6 is 0 Å². The molecule has 1 atom stereocenters. The molecule has 7 nitrogen and oxygen atoms in total. The van der Waals surface area contributed by atoms with Crippen molar-refractivity contribution in [3.05, 3.63) is 47.0 Å². The predicted octanol–water partition coefficient (Wildman–Crippen LogP) is 0.302. The summed E-state index contributed by atoms with van der Waals surface area (Å²) >= 11 is 0. The van der Waals surface area contributed by atoms with E-state index in [4.69, 9.17) is 10.2 Å². The quantitative estimate of drug-likeness (QED) is 0.589. The lowest BCUT2D eigenvalue weighted by atomic mass is 10.2.